The molecule has 8 nitrogen and oxygen atoms in total. The number of methoxy groups -OCH3 is 1. The van der Waals surface area contributed by atoms with Crippen LogP contribution in [0.15, 0.2) is 59.4 Å². The number of fused-ring (bicyclic) bond motifs is 3. The zero-order chi connectivity index (χ0) is 27.1. The highest BCUT2D eigenvalue weighted by Gasteiger charge is 2.67. The first-order chi connectivity index (χ1) is 18.2. The fraction of sp³-hybridized carbons (Fsp3) is 0.467. The maximum Gasteiger partial charge on any atom is 0.331 e. The van der Waals surface area contributed by atoms with Crippen LogP contribution in [-0.2, 0) is 33.4 Å². The monoisotopic (exact) mass is 520 g/mol. The normalized spacial score (nSPS) is 34.7. The Morgan fingerprint density at radius 1 is 1.08 bits per heavy atom. The van der Waals surface area contributed by atoms with Crippen molar-refractivity contribution in [2.75, 3.05) is 7.11 Å². The van der Waals surface area contributed by atoms with Crippen molar-refractivity contribution < 1.29 is 37.8 Å². The van der Waals surface area contributed by atoms with Crippen LogP contribution in [0.3, 0.4) is 0 Å². The SMILES string of the molecule is COC(=O)[C@@H]1C[C@H](OC(=O)/C=C/c2ccccc2)C(=O)[C@H]2[C@@]1(C)CC[C@H]1C(=O)O[C@@H](c3ccoc3)C[C@]21C. The van der Waals surface area contributed by atoms with Gasteiger partial charge in [0.05, 0.1) is 31.5 Å². The van der Waals surface area contributed by atoms with Crippen molar-refractivity contribution in [2.24, 2.45) is 28.6 Å². The molecule has 8 heteroatoms. The van der Waals surface area contributed by atoms with Crippen molar-refractivity contribution in [3.05, 3.63) is 66.1 Å². The second-order valence-electron chi connectivity index (χ2n) is 11.1. The van der Waals surface area contributed by atoms with Crippen LogP contribution in [0.5, 0.6) is 0 Å². The van der Waals surface area contributed by atoms with Crippen LogP contribution in [0.25, 0.3) is 6.08 Å². The van der Waals surface area contributed by atoms with Crippen LogP contribution < -0.4 is 0 Å². The van der Waals surface area contributed by atoms with E-state index in [2.05, 4.69) is 0 Å². The van der Waals surface area contributed by atoms with Crippen molar-refractivity contribution >= 4 is 29.8 Å². The van der Waals surface area contributed by atoms with Crippen LogP contribution in [0, 0.1) is 28.6 Å². The predicted molar refractivity (Wildman–Crippen MR) is 135 cm³/mol. The van der Waals surface area contributed by atoms with Crippen molar-refractivity contribution in [1.29, 1.82) is 0 Å². The van der Waals surface area contributed by atoms with Crippen LogP contribution >= 0.6 is 0 Å². The number of carbonyl (C=O) groups excluding carboxylic acids is 4. The first-order valence-electron chi connectivity index (χ1n) is 13.0. The van der Waals surface area contributed by atoms with Crippen molar-refractivity contribution in [1.82, 2.24) is 0 Å². The number of esters is 3. The summed E-state index contributed by atoms with van der Waals surface area (Å²) in [6.07, 6.45) is 5.63. The van der Waals surface area contributed by atoms with Gasteiger partial charge in [-0.3, -0.25) is 14.4 Å². The Bertz CT molecular complexity index is 1250. The highest BCUT2D eigenvalue weighted by atomic mass is 16.6. The molecule has 5 rings (SSSR count). The van der Waals surface area contributed by atoms with Gasteiger partial charge in [-0.25, -0.2) is 4.79 Å². The minimum absolute atomic E-state index is 0.0414. The lowest BCUT2D eigenvalue weighted by Gasteiger charge is -2.60. The topological polar surface area (TPSA) is 109 Å². The van der Waals surface area contributed by atoms with Gasteiger partial charge in [-0.05, 0) is 47.8 Å². The lowest BCUT2D eigenvalue weighted by Crippen LogP contribution is -2.64. The Labute approximate surface area is 221 Å². The van der Waals surface area contributed by atoms with E-state index in [4.69, 9.17) is 18.6 Å². The highest BCUT2D eigenvalue weighted by Crippen LogP contribution is 2.65. The van der Waals surface area contributed by atoms with Gasteiger partial charge in [-0.15, -0.1) is 0 Å². The summed E-state index contributed by atoms with van der Waals surface area (Å²) in [6, 6.07) is 11.0. The minimum Gasteiger partial charge on any atom is -0.472 e. The van der Waals surface area contributed by atoms with E-state index in [0.717, 1.165) is 5.56 Å². The number of ether oxygens (including phenoxy) is 3. The average Bonchev–Trinajstić information content (AvgIpc) is 3.44. The van der Waals surface area contributed by atoms with Crippen LogP contribution in [0.1, 0.15) is 56.8 Å². The van der Waals surface area contributed by atoms with Gasteiger partial charge in [-0.1, -0.05) is 44.2 Å². The molecule has 2 aromatic rings. The molecule has 38 heavy (non-hydrogen) atoms. The summed E-state index contributed by atoms with van der Waals surface area (Å²) in [5, 5.41) is 0. The number of rotatable bonds is 5. The first kappa shape index (κ1) is 25.9. The summed E-state index contributed by atoms with van der Waals surface area (Å²) in [5.41, 5.74) is -0.0600. The summed E-state index contributed by atoms with van der Waals surface area (Å²) < 4.78 is 21.8. The minimum atomic E-state index is -1.13. The third-order valence-electron chi connectivity index (χ3n) is 8.97. The Kier molecular flexibility index (Phi) is 6.75. The van der Waals surface area contributed by atoms with Gasteiger partial charge in [0.25, 0.3) is 0 Å². The van der Waals surface area contributed by atoms with Crippen LogP contribution in [0.4, 0.5) is 0 Å². The highest BCUT2D eigenvalue weighted by molar-refractivity contribution is 5.95. The van der Waals surface area contributed by atoms with E-state index in [1.165, 1.54) is 25.7 Å². The summed E-state index contributed by atoms with van der Waals surface area (Å²) >= 11 is 0. The van der Waals surface area contributed by atoms with Gasteiger partial charge >= 0.3 is 17.9 Å². The Morgan fingerprint density at radius 2 is 1.84 bits per heavy atom. The van der Waals surface area contributed by atoms with E-state index in [1.54, 1.807) is 12.1 Å². The number of hydrogen-bond donors (Lipinski definition) is 0. The predicted octanol–water partition coefficient (Wildman–Crippen LogP) is 4.69. The zero-order valence-electron chi connectivity index (χ0n) is 21.8. The number of furan rings is 1. The molecule has 200 valence electrons. The molecule has 3 fully saturated rings. The van der Waals surface area contributed by atoms with E-state index in [-0.39, 0.29) is 18.2 Å². The average molecular weight is 521 g/mol. The van der Waals surface area contributed by atoms with E-state index in [9.17, 15) is 19.2 Å². The molecule has 0 spiro atoms. The second kappa shape index (κ2) is 9.89. The third-order valence-corrected chi connectivity index (χ3v) is 8.97. The number of benzene rings is 1. The Hall–Kier alpha value is -3.68. The number of Topliss-reactive ketones (excluding diaryl/α,β-unsaturated/α-hetero) is 1. The van der Waals surface area contributed by atoms with Crippen molar-refractivity contribution in [3.63, 3.8) is 0 Å². The second-order valence-corrected chi connectivity index (χ2v) is 11.1. The summed E-state index contributed by atoms with van der Waals surface area (Å²) in [5.74, 6) is -3.65. The quantitative estimate of drug-likeness (QED) is 0.317. The smallest absolute Gasteiger partial charge is 0.331 e. The largest absolute Gasteiger partial charge is 0.472 e. The molecule has 3 aliphatic rings. The van der Waals surface area contributed by atoms with E-state index in [1.807, 2.05) is 44.2 Å². The molecule has 1 saturated heterocycles. The molecule has 1 aromatic heterocycles. The van der Waals surface area contributed by atoms with Crippen molar-refractivity contribution in [3.8, 4) is 0 Å². The first-order valence-corrected chi connectivity index (χ1v) is 13.0. The Balaban J connectivity index is 1.48. The number of carbonyl (C=O) groups is 4. The van der Waals surface area contributed by atoms with E-state index < -0.39 is 52.7 Å². The molecule has 0 N–H and O–H groups in total. The van der Waals surface area contributed by atoms with Crippen LogP contribution in [0.2, 0.25) is 0 Å². The molecule has 1 aromatic carbocycles. The van der Waals surface area contributed by atoms with E-state index >= 15 is 0 Å². The van der Waals surface area contributed by atoms with Gasteiger partial charge in [0.2, 0.25) is 0 Å². The number of cyclic esters (lactones) is 1. The fourth-order valence-electron chi connectivity index (χ4n) is 7.17. The fourth-order valence-corrected chi connectivity index (χ4v) is 7.17. The van der Waals surface area contributed by atoms with Gasteiger partial charge in [-0.2, -0.15) is 0 Å². The molecule has 0 radical (unpaired) electrons. The lowest BCUT2D eigenvalue weighted by molar-refractivity contribution is -0.210. The lowest BCUT2D eigenvalue weighted by atomic mass is 9.43. The molecule has 7 atom stereocenters. The van der Waals surface area contributed by atoms with Gasteiger partial charge in [0, 0.05) is 24.0 Å². The maximum absolute atomic E-state index is 14.2. The number of hydrogen-bond acceptors (Lipinski definition) is 8. The van der Waals surface area contributed by atoms with Gasteiger partial charge < -0.3 is 18.6 Å². The molecule has 2 aliphatic carbocycles. The van der Waals surface area contributed by atoms with Gasteiger partial charge in [0.15, 0.2) is 11.9 Å². The molecule has 0 unspecified atom stereocenters. The molecule has 2 saturated carbocycles. The zero-order valence-corrected chi connectivity index (χ0v) is 21.8. The molecule has 0 bridgehead atoms. The molecule has 1 aliphatic heterocycles. The van der Waals surface area contributed by atoms with Crippen molar-refractivity contribution in [2.45, 2.75) is 51.7 Å². The molecule has 0 amide bonds. The summed E-state index contributed by atoms with van der Waals surface area (Å²) in [7, 11) is 1.32. The van der Waals surface area contributed by atoms with Gasteiger partial charge in [0.1, 0.15) is 6.10 Å². The third kappa shape index (κ3) is 4.36. The Morgan fingerprint density at radius 3 is 2.53 bits per heavy atom. The maximum atomic E-state index is 14.2. The number of ketones is 1. The standard InChI is InChI=1S/C30H32O8/c1-29-13-11-20-28(34)38-23(19-12-14-36-17-19)16-30(20,2)26(29)25(32)22(15-21(29)27(33)35-3)37-24(31)10-9-18-7-5-4-6-8-18/h4-10,12,14,17,20-23,26H,11,13,15-16H2,1-3H3/b10-9+/t20-,21-,22-,23+,26-,29-,30-/m0/s1. The van der Waals surface area contributed by atoms with Crippen LogP contribution in [-0.4, -0.2) is 36.9 Å². The summed E-state index contributed by atoms with van der Waals surface area (Å²) in [4.78, 5) is 53.2. The summed E-state index contributed by atoms with van der Waals surface area (Å²) in [6.45, 7) is 3.86. The molecular weight excluding hydrogens is 488 g/mol. The molecule has 2 heterocycles. The molecular formula is C30H32O8. The van der Waals surface area contributed by atoms with E-state index in [0.29, 0.717) is 24.8 Å².